The Morgan fingerprint density at radius 3 is 2.40 bits per heavy atom. The van der Waals surface area contributed by atoms with Crippen molar-refractivity contribution in [3.8, 4) is 11.1 Å². The molecule has 0 spiro atoms. The molecular weight excluding hydrogens is 489 g/mol. The van der Waals surface area contributed by atoms with Gasteiger partial charge in [-0.2, -0.15) is 0 Å². The first-order chi connectivity index (χ1) is 16.7. The monoisotopic (exact) mass is 509 g/mol. The van der Waals surface area contributed by atoms with E-state index >= 15 is 0 Å². The molecule has 4 aromatic rings. The number of pyridine rings is 2. The highest BCUT2D eigenvalue weighted by Gasteiger charge is 2.25. The van der Waals surface area contributed by atoms with Crippen LogP contribution in [0.1, 0.15) is 21.6 Å². The van der Waals surface area contributed by atoms with Crippen LogP contribution in [0.25, 0.3) is 22.0 Å². The molecule has 1 amide bonds. The molecule has 0 aliphatic rings. The van der Waals surface area contributed by atoms with Crippen molar-refractivity contribution in [1.29, 1.82) is 0 Å². The van der Waals surface area contributed by atoms with Gasteiger partial charge in [-0.05, 0) is 48.4 Å². The van der Waals surface area contributed by atoms with Gasteiger partial charge in [-0.3, -0.25) is 14.6 Å². The summed E-state index contributed by atoms with van der Waals surface area (Å²) in [7, 11) is 1.71. The van der Waals surface area contributed by atoms with Crippen LogP contribution in [-0.4, -0.2) is 32.6 Å². The minimum atomic E-state index is -1.27. The maximum absolute atomic E-state index is 12.9. The van der Waals surface area contributed by atoms with Crippen molar-refractivity contribution < 1.29 is 14.7 Å². The topological polar surface area (TPSA) is 101 Å². The van der Waals surface area contributed by atoms with Crippen LogP contribution in [0, 0.1) is 6.92 Å². The van der Waals surface area contributed by atoms with Crippen molar-refractivity contribution in [3.63, 3.8) is 0 Å². The van der Waals surface area contributed by atoms with E-state index in [1.165, 1.54) is 12.1 Å². The number of benzene rings is 2. The van der Waals surface area contributed by atoms with Crippen LogP contribution < -0.4 is 10.9 Å². The Balaban J connectivity index is 1.73. The third-order valence-corrected chi connectivity index (χ3v) is 6.55. The molecule has 0 saturated heterocycles. The summed E-state index contributed by atoms with van der Waals surface area (Å²) >= 11 is 12.2. The number of aliphatic carboxylic acids is 1. The maximum Gasteiger partial charge on any atom is 0.326 e. The van der Waals surface area contributed by atoms with Gasteiger partial charge in [0.2, 0.25) is 0 Å². The molecule has 0 bridgehead atoms. The molecule has 7 nitrogen and oxygen atoms in total. The molecule has 0 fully saturated rings. The molecule has 2 aromatic carbocycles. The average Bonchev–Trinajstić information content (AvgIpc) is 2.82. The lowest BCUT2D eigenvalue weighted by molar-refractivity contribution is -0.139. The van der Waals surface area contributed by atoms with E-state index in [9.17, 15) is 19.5 Å². The van der Waals surface area contributed by atoms with Gasteiger partial charge in [-0.15, -0.1) is 0 Å². The number of amides is 1. The van der Waals surface area contributed by atoms with Crippen molar-refractivity contribution in [2.45, 2.75) is 19.4 Å². The highest BCUT2D eigenvalue weighted by Crippen LogP contribution is 2.29. The second-order valence-electron chi connectivity index (χ2n) is 8.09. The maximum atomic E-state index is 12.9. The molecule has 9 heteroatoms. The normalized spacial score (nSPS) is 11.9. The van der Waals surface area contributed by atoms with Crippen molar-refractivity contribution in [1.82, 2.24) is 14.9 Å². The van der Waals surface area contributed by atoms with Gasteiger partial charge in [0.15, 0.2) is 0 Å². The zero-order valence-electron chi connectivity index (χ0n) is 18.9. The van der Waals surface area contributed by atoms with Gasteiger partial charge in [0.25, 0.3) is 11.5 Å². The second kappa shape index (κ2) is 9.90. The molecule has 2 aromatic heterocycles. The van der Waals surface area contributed by atoms with E-state index in [0.717, 1.165) is 5.69 Å². The molecule has 35 heavy (non-hydrogen) atoms. The highest BCUT2D eigenvalue weighted by molar-refractivity contribution is 6.39. The number of halogens is 2. The van der Waals surface area contributed by atoms with Crippen molar-refractivity contribution in [2.24, 2.45) is 7.05 Å². The lowest BCUT2D eigenvalue weighted by atomic mass is 9.95. The van der Waals surface area contributed by atoms with Gasteiger partial charge < -0.3 is 15.0 Å². The fourth-order valence-electron chi connectivity index (χ4n) is 3.93. The van der Waals surface area contributed by atoms with Gasteiger partial charge in [0.1, 0.15) is 6.04 Å². The number of carbonyl (C=O) groups is 2. The molecular formula is C26H21Cl2N3O4. The van der Waals surface area contributed by atoms with Crippen LogP contribution in [0.3, 0.4) is 0 Å². The fourth-order valence-corrected chi connectivity index (χ4v) is 4.50. The van der Waals surface area contributed by atoms with E-state index in [2.05, 4.69) is 10.3 Å². The number of fused-ring (bicyclic) bond motifs is 1. The van der Waals surface area contributed by atoms with Gasteiger partial charge in [0.05, 0.1) is 21.1 Å². The molecule has 0 unspecified atom stereocenters. The number of nitrogens with one attached hydrogen (secondary N) is 1. The molecule has 0 aliphatic heterocycles. The number of hydrogen-bond donors (Lipinski definition) is 2. The number of nitrogens with zero attached hydrogens (tertiary/aromatic N) is 2. The van der Waals surface area contributed by atoms with E-state index in [1.54, 1.807) is 48.1 Å². The predicted octanol–water partition coefficient (Wildman–Crippen LogP) is 4.64. The van der Waals surface area contributed by atoms with E-state index in [-0.39, 0.29) is 27.6 Å². The smallest absolute Gasteiger partial charge is 0.326 e. The molecule has 0 radical (unpaired) electrons. The van der Waals surface area contributed by atoms with Crippen molar-refractivity contribution >= 4 is 46.0 Å². The number of hydrogen-bond acceptors (Lipinski definition) is 4. The van der Waals surface area contributed by atoms with E-state index in [4.69, 9.17) is 23.2 Å². The number of carbonyl (C=O) groups excluding carboxylic acids is 1. The first-order valence-corrected chi connectivity index (χ1v) is 11.5. The Hall–Kier alpha value is -3.68. The highest BCUT2D eigenvalue weighted by atomic mass is 35.5. The van der Waals surface area contributed by atoms with Crippen LogP contribution in [0.2, 0.25) is 10.0 Å². The molecule has 0 aliphatic carbocycles. The molecule has 2 N–H and O–H groups in total. The summed E-state index contributed by atoms with van der Waals surface area (Å²) in [4.78, 5) is 42.2. The number of carboxylic acids is 1. The summed E-state index contributed by atoms with van der Waals surface area (Å²) in [6.07, 6.45) is 1.56. The molecule has 4 rings (SSSR count). The standard InChI is InChI=1S/C26H21Cl2N3O4/c1-14-8-10-18(25(33)31(14)2)16-11-9-15(23-17(16)5-4-12-29-23)13-21(26(34)35)30-24(32)22-19(27)6-3-7-20(22)28/h3-12,21H,13H2,1-2H3,(H,30,32)(H,34,35)/t21-/m0/s1. The first kappa shape index (κ1) is 24.4. The Morgan fingerprint density at radius 2 is 1.71 bits per heavy atom. The fraction of sp³-hybridized carbons (Fsp3) is 0.154. The van der Waals surface area contributed by atoms with E-state index in [1.807, 2.05) is 19.1 Å². The zero-order chi connectivity index (χ0) is 25.3. The SMILES string of the molecule is Cc1ccc(-c2ccc(C[C@H](NC(=O)c3c(Cl)cccc3Cl)C(=O)O)c3ncccc23)c(=O)n1C. The van der Waals surface area contributed by atoms with Gasteiger partial charge in [-0.25, -0.2) is 4.79 Å². The summed E-state index contributed by atoms with van der Waals surface area (Å²) in [6.45, 7) is 1.85. The quantitative estimate of drug-likeness (QED) is 0.394. The van der Waals surface area contributed by atoms with Crippen LogP contribution >= 0.6 is 23.2 Å². The van der Waals surface area contributed by atoms with Crippen LogP contribution in [-0.2, 0) is 18.3 Å². The summed E-state index contributed by atoms with van der Waals surface area (Å²) < 4.78 is 1.57. The third-order valence-electron chi connectivity index (χ3n) is 5.92. The number of aryl methyl sites for hydroxylation is 1. The predicted molar refractivity (Wildman–Crippen MR) is 136 cm³/mol. The number of aromatic nitrogens is 2. The lowest BCUT2D eigenvalue weighted by Gasteiger charge is -2.17. The van der Waals surface area contributed by atoms with Crippen LogP contribution in [0.4, 0.5) is 0 Å². The van der Waals surface area contributed by atoms with E-state index < -0.39 is 17.9 Å². The average molecular weight is 510 g/mol. The van der Waals surface area contributed by atoms with Crippen LogP contribution in [0.5, 0.6) is 0 Å². The van der Waals surface area contributed by atoms with E-state index in [0.29, 0.717) is 27.6 Å². The van der Waals surface area contributed by atoms with Crippen molar-refractivity contribution in [3.05, 3.63) is 98.0 Å². The Labute approximate surface area is 211 Å². The number of rotatable bonds is 6. The largest absolute Gasteiger partial charge is 0.480 e. The first-order valence-electron chi connectivity index (χ1n) is 10.7. The van der Waals surface area contributed by atoms with Crippen molar-refractivity contribution in [2.75, 3.05) is 0 Å². The molecule has 2 heterocycles. The van der Waals surface area contributed by atoms with Gasteiger partial charge in [0, 0.05) is 36.3 Å². The number of carboxylic acid groups (broad SMARTS) is 1. The molecule has 0 saturated carbocycles. The Morgan fingerprint density at radius 1 is 1.03 bits per heavy atom. The lowest BCUT2D eigenvalue weighted by Crippen LogP contribution is -2.42. The summed E-state index contributed by atoms with van der Waals surface area (Å²) in [5.74, 6) is -1.91. The summed E-state index contributed by atoms with van der Waals surface area (Å²) in [5, 5.41) is 13.3. The Bertz CT molecular complexity index is 1510. The van der Waals surface area contributed by atoms with Gasteiger partial charge >= 0.3 is 5.97 Å². The van der Waals surface area contributed by atoms with Gasteiger partial charge in [-0.1, -0.05) is 47.5 Å². The minimum Gasteiger partial charge on any atom is -0.480 e. The third kappa shape index (κ3) is 4.78. The molecule has 178 valence electrons. The summed E-state index contributed by atoms with van der Waals surface area (Å²) in [6, 6.07) is 14.1. The summed E-state index contributed by atoms with van der Waals surface area (Å²) in [5.41, 5.74) is 3.05. The van der Waals surface area contributed by atoms with Crippen LogP contribution in [0.15, 0.2) is 65.6 Å². The zero-order valence-corrected chi connectivity index (χ0v) is 20.4. The molecule has 1 atom stereocenters. The Kier molecular flexibility index (Phi) is 6.91. The second-order valence-corrected chi connectivity index (χ2v) is 8.90. The minimum absolute atomic E-state index is 0.00984.